The Bertz CT molecular complexity index is 842. The molecule has 5 rings (SSSR count). The van der Waals surface area contributed by atoms with Gasteiger partial charge in [0.25, 0.3) is 0 Å². The molecular weight excluding hydrogens is 360 g/mol. The van der Waals surface area contributed by atoms with E-state index in [4.69, 9.17) is 4.74 Å². The van der Waals surface area contributed by atoms with Crippen molar-refractivity contribution in [3.8, 4) is 0 Å². The Morgan fingerprint density at radius 2 is 2.11 bits per heavy atom. The Morgan fingerprint density at radius 1 is 1.22 bits per heavy atom. The number of carbonyl (C=O) groups is 1. The van der Waals surface area contributed by atoms with Crippen LogP contribution in [-0.2, 0) is 22.5 Å². The van der Waals surface area contributed by atoms with E-state index in [9.17, 15) is 4.79 Å². The first-order valence-corrected chi connectivity index (χ1v) is 10.8. The van der Waals surface area contributed by atoms with Crippen LogP contribution in [0.5, 0.6) is 0 Å². The second-order valence-corrected chi connectivity index (χ2v) is 8.52. The molecule has 2 aromatic rings. The zero-order chi connectivity index (χ0) is 18.2. The lowest BCUT2D eigenvalue weighted by Crippen LogP contribution is -2.30. The van der Waals surface area contributed by atoms with Crippen molar-refractivity contribution >= 4 is 23.4 Å². The lowest BCUT2D eigenvalue weighted by Gasteiger charge is -2.17. The second-order valence-electron chi connectivity index (χ2n) is 7.57. The van der Waals surface area contributed by atoms with Crippen LogP contribution in [0.2, 0.25) is 0 Å². The topological polar surface area (TPSA) is 60.3 Å². The number of para-hydroxylation sites is 1. The van der Waals surface area contributed by atoms with Crippen molar-refractivity contribution in [1.82, 2.24) is 14.8 Å². The van der Waals surface area contributed by atoms with Gasteiger partial charge >= 0.3 is 0 Å². The van der Waals surface area contributed by atoms with Gasteiger partial charge in [0.2, 0.25) is 5.91 Å². The molecule has 2 aliphatic heterocycles. The van der Waals surface area contributed by atoms with Crippen molar-refractivity contribution < 1.29 is 9.53 Å². The molecule has 6 nitrogen and oxygen atoms in total. The number of carbonyl (C=O) groups excluding carboxylic acids is 1. The first-order valence-electron chi connectivity index (χ1n) is 9.85. The van der Waals surface area contributed by atoms with E-state index in [-0.39, 0.29) is 12.0 Å². The van der Waals surface area contributed by atoms with Crippen LogP contribution in [-0.4, -0.2) is 45.7 Å². The Hall–Kier alpha value is -1.86. The summed E-state index contributed by atoms with van der Waals surface area (Å²) in [6, 6.07) is 8.18. The van der Waals surface area contributed by atoms with Crippen molar-refractivity contribution in [2.45, 2.75) is 55.8 Å². The van der Waals surface area contributed by atoms with Crippen LogP contribution in [0.3, 0.4) is 0 Å². The molecule has 1 aromatic carbocycles. The van der Waals surface area contributed by atoms with E-state index in [2.05, 4.69) is 20.8 Å². The van der Waals surface area contributed by atoms with Crippen LogP contribution in [0.4, 0.5) is 5.69 Å². The molecule has 27 heavy (non-hydrogen) atoms. The lowest BCUT2D eigenvalue weighted by molar-refractivity contribution is -0.116. The zero-order valence-corrected chi connectivity index (χ0v) is 16.2. The molecule has 0 radical (unpaired) electrons. The standard InChI is InChI=1S/C20H24N4O2S/c25-18(23-10-9-14-4-1-2-6-17(14)23)13-27-20-22-21-19(15-7-8-15)24(20)12-16-5-3-11-26-16/h1-2,4,6,15-16H,3,5,7-13H2/t16-/m1/s1. The van der Waals surface area contributed by atoms with Crippen molar-refractivity contribution in [3.63, 3.8) is 0 Å². The maximum atomic E-state index is 12.8. The summed E-state index contributed by atoms with van der Waals surface area (Å²) in [5.74, 6) is 2.15. The maximum absolute atomic E-state index is 12.8. The van der Waals surface area contributed by atoms with Gasteiger partial charge < -0.3 is 14.2 Å². The number of ether oxygens (including phenoxy) is 1. The Kier molecular flexibility index (Phi) is 4.65. The summed E-state index contributed by atoms with van der Waals surface area (Å²) in [7, 11) is 0. The highest BCUT2D eigenvalue weighted by Gasteiger charge is 2.32. The average molecular weight is 385 g/mol. The third kappa shape index (κ3) is 3.50. The third-order valence-electron chi connectivity index (χ3n) is 5.61. The van der Waals surface area contributed by atoms with Crippen LogP contribution < -0.4 is 4.90 Å². The molecule has 1 aromatic heterocycles. The molecule has 1 atom stereocenters. The van der Waals surface area contributed by atoms with E-state index in [1.807, 2.05) is 23.1 Å². The van der Waals surface area contributed by atoms with Gasteiger partial charge in [0.1, 0.15) is 5.82 Å². The van der Waals surface area contributed by atoms with Crippen LogP contribution in [0.1, 0.15) is 43.0 Å². The molecule has 0 spiro atoms. The molecule has 3 heterocycles. The highest BCUT2D eigenvalue weighted by molar-refractivity contribution is 7.99. The fourth-order valence-electron chi connectivity index (χ4n) is 4.02. The zero-order valence-electron chi connectivity index (χ0n) is 15.3. The first kappa shape index (κ1) is 17.3. The molecule has 7 heteroatoms. The number of hydrogen-bond acceptors (Lipinski definition) is 5. The van der Waals surface area contributed by atoms with E-state index < -0.39 is 0 Å². The van der Waals surface area contributed by atoms with Gasteiger partial charge in [0.15, 0.2) is 5.16 Å². The van der Waals surface area contributed by atoms with Gasteiger partial charge in [-0.25, -0.2) is 0 Å². The van der Waals surface area contributed by atoms with Gasteiger partial charge in [-0.1, -0.05) is 30.0 Å². The molecule has 1 amide bonds. The summed E-state index contributed by atoms with van der Waals surface area (Å²) in [4.78, 5) is 14.7. The minimum absolute atomic E-state index is 0.143. The van der Waals surface area contributed by atoms with E-state index in [0.717, 1.165) is 55.6 Å². The highest BCUT2D eigenvalue weighted by atomic mass is 32.2. The summed E-state index contributed by atoms with van der Waals surface area (Å²) >= 11 is 1.51. The molecule has 0 unspecified atom stereocenters. The average Bonchev–Trinajstić information content (AvgIpc) is 3.10. The van der Waals surface area contributed by atoms with E-state index in [1.54, 1.807) is 0 Å². The highest BCUT2D eigenvalue weighted by Crippen LogP contribution is 2.40. The summed E-state index contributed by atoms with van der Waals surface area (Å²) in [5, 5.41) is 9.71. The van der Waals surface area contributed by atoms with Crippen molar-refractivity contribution in [2.24, 2.45) is 0 Å². The number of nitrogens with zero attached hydrogens (tertiary/aromatic N) is 4. The van der Waals surface area contributed by atoms with Crippen LogP contribution >= 0.6 is 11.8 Å². The van der Waals surface area contributed by atoms with Crippen LogP contribution in [0.15, 0.2) is 29.4 Å². The van der Waals surface area contributed by atoms with Gasteiger partial charge in [0, 0.05) is 24.8 Å². The number of benzene rings is 1. The largest absolute Gasteiger partial charge is 0.376 e. The number of thioether (sulfide) groups is 1. The molecular formula is C20H24N4O2S. The SMILES string of the molecule is O=C(CSc1nnc(C2CC2)n1C[C@H]1CCCO1)N1CCc2ccccc21. The van der Waals surface area contributed by atoms with E-state index in [1.165, 1.54) is 30.2 Å². The van der Waals surface area contributed by atoms with Gasteiger partial charge in [-0.2, -0.15) is 0 Å². The molecule has 3 aliphatic rings. The van der Waals surface area contributed by atoms with Gasteiger partial charge in [-0.05, 0) is 43.7 Å². The second kappa shape index (κ2) is 7.28. The van der Waals surface area contributed by atoms with Gasteiger partial charge in [-0.15, -0.1) is 10.2 Å². The van der Waals surface area contributed by atoms with Crippen LogP contribution in [0, 0.1) is 0 Å². The predicted molar refractivity (Wildman–Crippen MR) is 104 cm³/mol. The number of aromatic nitrogens is 3. The van der Waals surface area contributed by atoms with Crippen molar-refractivity contribution in [1.29, 1.82) is 0 Å². The fraction of sp³-hybridized carbons (Fsp3) is 0.550. The molecule has 2 fully saturated rings. The van der Waals surface area contributed by atoms with Gasteiger partial charge in [-0.3, -0.25) is 4.79 Å². The summed E-state index contributed by atoms with van der Waals surface area (Å²) in [5.41, 5.74) is 2.32. The van der Waals surface area contributed by atoms with E-state index in [0.29, 0.717) is 11.7 Å². The summed E-state index contributed by atoms with van der Waals surface area (Å²) in [6.45, 7) is 2.43. The Morgan fingerprint density at radius 3 is 2.93 bits per heavy atom. The van der Waals surface area contributed by atoms with Crippen molar-refractivity contribution in [3.05, 3.63) is 35.7 Å². The number of amides is 1. The molecule has 1 saturated heterocycles. The fourth-order valence-corrected chi connectivity index (χ4v) is 4.85. The predicted octanol–water partition coefficient (Wildman–Crippen LogP) is 3.02. The number of rotatable bonds is 6. The molecule has 142 valence electrons. The van der Waals surface area contributed by atoms with Crippen LogP contribution in [0.25, 0.3) is 0 Å². The molecule has 0 N–H and O–H groups in total. The number of hydrogen-bond donors (Lipinski definition) is 0. The molecule has 1 aliphatic carbocycles. The minimum atomic E-state index is 0.143. The quantitative estimate of drug-likeness (QED) is 0.717. The minimum Gasteiger partial charge on any atom is -0.376 e. The molecule has 0 bridgehead atoms. The first-order chi connectivity index (χ1) is 13.3. The third-order valence-corrected chi connectivity index (χ3v) is 6.56. The maximum Gasteiger partial charge on any atom is 0.237 e. The molecule has 1 saturated carbocycles. The number of fused-ring (bicyclic) bond motifs is 1. The smallest absolute Gasteiger partial charge is 0.237 e. The Labute approximate surface area is 163 Å². The Balaban J connectivity index is 1.29. The van der Waals surface area contributed by atoms with Crippen molar-refractivity contribution in [2.75, 3.05) is 23.8 Å². The normalized spacial score (nSPS) is 21.6. The summed E-state index contributed by atoms with van der Waals surface area (Å²) < 4.78 is 8.03. The van der Waals surface area contributed by atoms with Gasteiger partial charge in [0.05, 0.1) is 18.4 Å². The number of anilines is 1. The summed E-state index contributed by atoms with van der Waals surface area (Å²) in [6.07, 6.45) is 5.79. The monoisotopic (exact) mass is 384 g/mol. The lowest BCUT2D eigenvalue weighted by atomic mass is 10.2. The van der Waals surface area contributed by atoms with E-state index >= 15 is 0 Å².